The molecule has 0 unspecified atom stereocenters. The first-order valence-electron chi connectivity index (χ1n) is 8.08. The zero-order valence-corrected chi connectivity index (χ0v) is 14.1. The van der Waals surface area contributed by atoms with Gasteiger partial charge in [-0.15, -0.1) is 0 Å². The molecule has 5 heteroatoms. The van der Waals surface area contributed by atoms with Crippen LogP contribution in [-0.4, -0.2) is 30.7 Å². The topological polar surface area (TPSA) is 67.4 Å². The van der Waals surface area contributed by atoms with Gasteiger partial charge in [0.2, 0.25) is 5.91 Å². The van der Waals surface area contributed by atoms with E-state index in [4.69, 9.17) is 4.74 Å². The van der Waals surface area contributed by atoms with Gasteiger partial charge in [-0.1, -0.05) is 26.2 Å². The Morgan fingerprint density at radius 1 is 0.905 bits per heavy atom. The van der Waals surface area contributed by atoms with Gasteiger partial charge in [0.25, 0.3) is 0 Å². The van der Waals surface area contributed by atoms with Gasteiger partial charge in [-0.2, -0.15) is 0 Å². The second-order valence-electron chi connectivity index (χ2n) is 6.30. The molecule has 124 valence electrons. The fraction of sp³-hybridized carbons (Fsp3) is 0.875. The highest BCUT2D eigenvalue weighted by molar-refractivity contribution is 5.75. The van der Waals surface area contributed by atoms with E-state index in [2.05, 4.69) is 17.6 Å². The van der Waals surface area contributed by atoms with Crippen LogP contribution in [0.1, 0.15) is 72.6 Å². The minimum absolute atomic E-state index is 0.131. The molecule has 0 aromatic carbocycles. The van der Waals surface area contributed by atoms with Crippen LogP contribution in [0.5, 0.6) is 0 Å². The quantitative estimate of drug-likeness (QED) is 0.608. The predicted molar refractivity (Wildman–Crippen MR) is 85.2 cm³/mol. The summed E-state index contributed by atoms with van der Waals surface area (Å²) in [6.07, 6.45) is 6.41. The second kappa shape index (κ2) is 11.4. The van der Waals surface area contributed by atoms with Gasteiger partial charge in [-0.05, 0) is 40.0 Å². The van der Waals surface area contributed by atoms with Crippen LogP contribution in [0.4, 0.5) is 4.79 Å². The van der Waals surface area contributed by atoms with Crippen LogP contribution < -0.4 is 10.6 Å². The monoisotopic (exact) mass is 300 g/mol. The summed E-state index contributed by atoms with van der Waals surface area (Å²) in [7, 11) is 0. The lowest BCUT2D eigenvalue weighted by atomic mass is 10.1. The van der Waals surface area contributed by atoms with Crippen molar-refractivity contribution in [3.05, 3.63) is 0 Å². The molecule has 0 rings (SSSR count). The Labute approximate surface area is 129 Å². The molecule has 0 spiro atoms. The summed E-state index contributed by atoms with van der Waals surface area (Å²) in [5.74, 6) is 0.131. The number of carbonyl (C=O) groups is 2. The van der Waals surface area contributed by atoms with Crippen molar-refractivity contribution in [3.8, 4) is 0 Å². The Hall–Kier alpha value is -1.26. The van der Waals surface area contributed by atoms with Crippen molar-refractivity contribution in [2.24, 2.45) is 0 Å². The normalized spacial score (nSPS) is 11.0. The van der Waals surface area contributed by atoms with Gasteiger partial charge in [0.05, 0.1) is 0 Å². The molecule has 0 aromatic heterocycles. The fourth-order valence-corrected chi connectivity index (χ4v) is 1.78. The number of hydrogen-bond acceptors (Lipinski definition) is 3. The molecule has 21 heavy (non-hydrogen) atoms. The highest BCUT2D eigenvalue weighted by atomic mass is 16.6. The Morgan fingerprint density at radius 2 is 1.52 bits per heavy atom. The Kier molecular flexibility index (Phi) is 10.7. The lowest BCUT2D eigenvalue weighted by Crippen LogP contribution is -2.33. The van der Waals surface area contributed by atoms with E-state index in [1.807, 2.05) is 20.8 Å². The van der Waals surface area contributed by atoms with Crippen LogP contribution in [0.2, 0.25) is 0 Å². The van der Waals surface area contributed by atoms with Crippen molar-refractivity contribution >= 4 is 12.0 Å². The van der Waals surface area contributed by atoms with Crippen LogP contribution in [0.25, 0.3) is 0 Å². The molecule has 0 saturated heterocycles. The number of alkyl carbamates (subject to hydrolysis) is 1. The first-order valence-corrected chi connectivity index (χ1v) is 8.08. The van der Waals surface area contributed by atoms with Crippen molar-refractivity contribution in [2.45, 2.75) is 78.2 Å². The summed E-state index contributed by atoms with van der Waals surface area (Å²) in [6, 6.07) is 0. The third-order valence-electron chi connectivity index (χ3n) is 2.85. The molecular formula is C16H32N2O3. The maximum atomic E-state index is 11.5. The molecule has 0 heterocycles. The van der Waals surface area contributed by atoms with Crippen LogP contribution in [-0.2, 0) is 9.53 Å². The van der Waals surface area contributed by atoms with Gasteiger partial charge >= 0.3 is 6.09 Å². The van der Waals surface area contributed by atoms with Crippen molar-refractivity contribution < 1.29 is 14.3 Å². The van der Waals surface area contributed by atoms with Gasteiger partial charge in [-0.25, -0.2) is 4.79 Å². The molecule has 2 N–H and O–H groups in total. The van der Waals surface area contributed by atoms with Gasteiger partial charge in [0, 0.05) is 19.5 Å². The summed E-state index contributed by atoms with van der Waals surface area (Å²) < 4.78 is 5.13. The summed E-state index contributed by atoms with van der Waals surface area (Å²) >= 11 is 0. The number of amides is 2. The fourth-order valence-electron chi connectivity index (χ4n) is 1.78. The molecule has 0 fully saturated rings. The van der Waals surface area contributed by atoms with Crippen LogP contribution in [0, 0.1) is 0 Å². The van der Waals surface area contributed by atoms with E-state index >= 15 is 0 Å². The molecule has 0 bridgehead atoms. The van der Waals surface area contributed by atoms with Crippen LogP contribution in [0.15, 0.2) is 0 Å². The lowest BCUT2D eigenvalue weighted by molar-refractivity contribution is -0.121. The lowest BCUT2D eigenvalue weighted by Gasteiger charge is -2.19. The number of hydrogen-bond donors (Lipinski definition) is 2. The van der Waals surface area contributed by atoms with E-state index in [0.717, 1.165) is 25.7 Å². The Bertz CT molecular complexity index is 298. The highest BCUT2D eigenvalue weighted by Crippen LogP contribution is 2.06. The Morgan fingerprint density at radius 3 is 2.10 bits per heavy atom. The minimum Gasteiger partial charge on any atom is -0.444 e. The number of nitrogens with one attached hydrogen (secondary N) is 2. The van der Waals surface area contributed by atoms with Crippen molar-refractivity contribution in [2.75, 3.05) is 13.1 Å². The third-order valence-corrected chi connectivity index (χ3v) is 2.85. The summed E-state index contributed by atoms with van der Waals surface area (Å²) in [4.78, 5) is 22.9. The summed E-state index contributed by atoms with van der Waals surface area (Å²) in [5, 5.41) is 5.60. The first kappa shape index (κ1) is 19.7. The number of ether oxygens (including phenoxy) is 1. The molecule has 0 aromatic rings. The smallest absolute Gasteiger partial charge is 0.407 e. The third kappa shape index (κ3) is 15.0. The van der Waals surface area contributed by atoms with E-state index in [1.54, 1.807) is 0 Å². The van der Waals surface area contributed by atoms with Crippen molar-refractivity contribution in [3.63, 3.8) is 0 Å². The highest BCUT2D eigenvalue weighted by Gasteiger charge is 2.15. The second-order valence-corrected chi connectivity index (χ2v) is 6.30. The molecule has 0 aliphatic heterocycles. The summed E-state index contributed by atoms with van der Waals surface area (Å²) in [5.41, 5.74) is -0.462. The standard InChI is InChI=1S/C16H32N2O3/c1-5-6-7-8-11-14(19)17-12-9-10-13-18-15(20)21-16(2,3)4/h5-13H2,1-4H3,(H,17,19)(H,18,20). The van der Waals surface area contributed by atoms with Crippen molar-refractivity contribution in [1.29, 1.82) is 0 Å². The number of carbonyl (C=O) groups excluding carboxylic acids is 2. The SMILES string of the molecule is CCCCCCC(=O)NCCCCNC(=O)OC(C)(C)C. The van der Waals surface area contributed by atoms with Crippen LogP contribution >= 0.6 is 0 Å². The zero-order valence-electron chi connectivity index (χ0n) is 14.1. The van der Waals surface area contributed by atoms with E-state index < -0.39 is 5.60 Å². The molecule has 0 aliphatic rings. The first-order chi connectivity index (χ1) is 9.85. The average Bonchev–Trinajstić information content (AvgIpc) is 2.36. The molecular weight excluding hydrogens is 268 g/mol. The molecule has 0 saturated carbocycles. The zero-order chi connectivity index (χ0) is 16.1. The minimum atomic E-state index is -0.462. The molecule has 0 radical (unpaired) electrons. The van der Waals surface area contributed by atoms with Gasteiger partial charge in [0.1, 0.15) is 5.60 Å². The predicted octanol–water partition coefficient (Wildman–Crippen LogP) is 3.38. The molecule has 0 aliphatic carbocycles. The molecule has 2 amide bonds. The van der Waals surface area contributed by atoms with E-state index in [1.165, 1.54) is 12.8 Å². The number of unbranched alkanes of at least 4 members (excludes halogenated alkanes) is 4. The maximum absolute atomic E-state index is 11.5. The van der Waals surface area contributed by atoms with E-state index in [-0.39, 0.29) is 12.0 Å². The molecule has 5 nitrogen and oxygen atoms in total. The summed E-state index contributed by atoms with van der Waals surface area (Å²) in [6.45, 7) is 8.91. The van der Waals surface area contributed by atoms with Gasteiger partial charge in [-0.3, -0.25) is 4.79 Å². The van der Waals surface area contributed by atoms with Crippen LogP contribution in [0.3, 0.4) is 0 Å². The van der Waals surface area contributed by atoms with Gasteiger partial charge in [0.15, 0.2) is 0 Å². The Balaban J connectivity index is 3.39. The largest absolute Gasteiger partial charge is 0.444 e. The maximum Gasteiger partial charge on any atom is 0.407 e. The number of rotatable bonds is 10. The van der Waals surface area contributed by atoms with E-state index in [0.29, 0.717) is 19.5 Å². The molecule has 0 atom stereocenters. The average molecular weight is 300 g/mol. The van der Waals surface area contributed by atoms with Gasteiger partial charge < -0.3 is 15.4 Å². The van der Waals surface area contributed by atoms with Crippen molar-refractivity contribution in [1.82, 2.24) is 10.6 Å². The van der Waals surface area contributed by atoms with E-state index in [9.17, 15) is 9.59 Å².